The number of hydrogen-bond acceptors (Lipinski definition) is 10. The number of pyridine rings is 1. The summed E-state index contributed by atoms with van der Waals surface area (Å²) in [5.74, 6) is 7.44. The number of carbonyl (C=O) groups excluding carboxylic acids is 1. The third kappa shape index (κ3) is 7.81. The second-order valence-corrected chi connectivity index (χ2v) is 9.25. The first-order valence-electron chi connectivity index (χ1n) is 12.4. The van der Waals surface area contributed by atoms with Gasteiger partial charge in [0.15, 0.2) is 0 Å². The van der Waals surface area contributed by atoms with Crippen molar-refractivity contribution in [3.63, 3.8) is 0 Å². The fourth-order valence-corrected chi connectivity index (χ4v) is 3.91. The number of carboxylic acid groups (broad SMARTS) is 2. The topological polar surface area (TPSA) is 227 Å². The van der Waals surface area contributed by atoms with E-state index in [0.29, 0.717) is 34.3 Å². The van der Waals surface area contributed by atoms with E-state index in [4.69, 9.17) is 33.4 Å². The number of rotatable bonds is 9. The molecule has 0 spiro atoms. The van der Waals surface area contributed by atoms with Gasteiger partial charge in [0.05, 0.1) is 56.4 Å². The molecule has 0 aliphatic heterocycles. The normalized spacial score (nSPS) is 12.5. The Hall–Kier alpha value is -5.82. The smallest absolute Gasteiger partial charge is 0.417 e. The first kappa shape index (κ1) is 34.7. The predicted molar refractivity (Wildman–Crippen MR) is 152 cm³/mol. The molecular weight excluding hydrogens is 630 g/mol. The molecule has 2 aromatic carbocycles. The number of nitrogens with zero attached hydrogens (tertiary/aromatic N) is 3. The van der Waals surface area contributed by atoms with E-state index >= 15 is 0 Å². The number of alkyl halides is 6. The maximum atomic E-state index is 13.5. The van der Waals surface area contributed by atoms with E-state index in [0.717, 1.165) is 24.5 Å². The zero-order chi connectivity index (χ0) is 34.7. The van der Waals surface area contributed by atoms with Gasteiger partial charge in [-0.1, -0.05) is 0 Å². The number of hydrogen-bond donors (Lipinski definition) is 7. The molecule has 0 unspecified atom stereocenters. The van der Waals surface area contributed by atoms with E-state index in [1.165, 1.54) is 19.2 Å². The second-order valence-electron chi connectivity index (χ2n) is 9.25. The zero-order valence-corrected chi connectivity index (χ0v) is 23.3. The van der Waals surface area contributed by atoms with Crippen molar-refractivity contribution in [1.29, 1.82) is 0 Å². The number of carboxylic acids is 2. The Labute approximate surface area is 254 Å². The van der Waals surface area contributed by atoms with Gasteiger partial charge in [0.2, 0.25) is 0 Å². The lowest BCUT2D eigenvalue weighted by Gasteiger charge is -2.19. The number of nitrogens with two attached hydrogens (primary N) is 4. The van der Waals surface area contributed by atoms with Gasteiger partial charge in [-0.25, -0.2) is 26.3 Å². The fraction of sp³-hybridized carbons (Fsp3) is 0.111. The maximum absolute atomic E-state index is 13.5. The monoisotopic (exact) mass is 654 g/mol. The van der Waals surface area contributed by atoms with Crippen molar-refractivity contribution in [2.45, 2.75) is 12.4 Å². The third-order valence-electron chi connectivity index (χ3n) is 6.14. The van der Waals surface area contributed by atoms with Gasteiger partial charge in [-0.2, -0.15) is 26.3 Å². The van der Waals surface area contributed by atoms with Crippen molar-refractivity contribution in [2.24, 2.45) is 23.2 Å². The lowest BCUT2D eigenvalue weighted by Crippen LogP contribution is -2.27. The van der Waals surface area contributed by atoms with E-state index in [-0.39, 0.29) is 39.7 Å². The van der Waals surface area contributed by atoms with Crippen LogP contribution in [-0.4, -0.2) is 40.1 Å². The Morgan fingerprint density at radius 1 is 0.739 bits per heavy atom. The Morgan fingerprint density at radius 2 is 1.11 bits per heavy atom. The molecule has 46 heavy (non-hydrogen) atoms. The summed E-state index contributed by atoms with van der Waals surface area (Å²) in [6.07, 6.45) is -8.22. The van der Waals surface area contributed by atoms with Crippen LogP contribution < -0.4 is 38.5 Å². The molecule has 1 aromatic heterocycles. The van der Waals surface area contributed by atoms with Crippen molar-refractivity contribution in [3.05, 3.63) is 100 Å². The van der Waals surface area contributed by atoms with Gasteiger partial charge < -0.3 is 27.0 Å². The second kappa shape index (κ2) is 13.0. The lowest BCUT2D eigenvalue weighted by molar-refractivity contribution is -0.138. The molecule has 13 nitrogen and oxygen atoms in total. The van der Waals surface area contributed by atoms with E-state index in [9.17, 15) is 40.7 Å². The quantitative estimate of drug-likeness (QED) is 0.100. The maximum Gasteiger partial charge on any atom is 0.417 e. The summed E-state index contributed by atoms with van der Waals surface area (Å²) in [7, 11) is 1.29. The van der Waals surface area contributed by atoms with Crippen LogP contribution in [0.2, 0.25) is 0 Å². The number of hydrazine groups is 2. The number of anilines is 2. The van der Waals surface area contributed by atoms with Crippen LogP contribution in [0.15, 0.2) is 60.9 Å². The molecular formula is C27H24F6N8O5. The Morgan fingerprint density at radius 3 is 1.41 bits per heavy atom. The average Bonchev–Trinajstić information content (AvgIpc) is 2.98. The van der Waals surface area contributed by atoms with Gasteiger partial charge in [0, 0.05) is 25.0 Å². The summed E-state index contributed by atoms with van der Waals surface area (Å²) in [6.45, 7) is 0. The highest BCUT2D eigenvalue weighted by molar-refractivity contribution is 5.95. The Balaban J connectivity index is 2.06. The van der Waals surface area contributed by atoms with Crippen LogP contribution in [0.4, 0.5) is 37.7 Å². The highest BCUT2D eigenvalue weighted by atomic mass is 19.4. The molecule has 0 saturated carbocycles. The summed E-state index contributed by atoms with van der Waals surface area (Å²) in [6, 6.07) is 6.69. The molecule has 0 saturated heterocycles. The molecule has 0 aliphatic rings. The van der Waals surface area contributed by atoms with Crippen LogP contribution in [-0.2, 0) is 12.4 Å². The van der Waals surface area contributed by atoms with E-state index in [1.807, 2.05) is 0 Å². The number of carbonyl (C=O) groups is 3. The minimum atomic E-state index is -5.04. The van der Waals surface area contributed by atoms with E-state index in [2.05, 4.69) is 10.3 Å². The van der Waals surface area contributed by atoms with Gasteiger partial charge in [-0.05, 0) is 48.5 Å². The SMILES string of the molecule is CNC(=O)c1cc(/C(N)=C/N(N)c2ccc(C(=O)O)c(C(F)(F)F)c2)nc(/C(N)=C/N(N)c2ccc(C(=O)O)c(C(F)(F)F)c2)c1. The van der Waals surface area contributed by atoms with Crippen molar-refractivity contribution >= 4 is 40.6 Å². The number of benzene rings is 2. The van der Waals surface area contributed by atoms with Crippen molar-refractivity contribution in [3.8, 4) is 0 Å². The summed E-state index contributed by atoms with van der Waals surface area (Å²) >= 11 is 0. The van der Waals surface area contributed by atoms with Crippen LogP contribution in [0.3, 0.4) is 0 Å². The van der Waals surface area contributed by atoms with Crippen LogP contribution >= 0.6 is 0 Å². The minimum Gasteiger partial charge on any atom is -0.478 e. The molecule has 11 N–H and O–H groups in total. The zero-order valence-electron chi connectivity index (χ0n) is 23.3. The number of aromatic nitrogens is 1. The van der Waals surface area contributed by atoms with Gasteiger partial charge in [0.25, 0.3) is 5.91 Å². The highest BCUT2D eigenvalue weighted by Gasteiger charge is 2.37. The standard InChI is InChI=1S/C27H24F6N8O5/c1-38-23(42)12-6-21(19(34)10-40(36)13-2-4-15(24(43)44)17(8-13)26(28,29)30)39-22(7-12)20(35)11-41(37)14-3-5-16(25(45)46)18(9-14)27(31,32)33/h2-11H,34-37H2,1H3,(H,38,42)(H,43,44)(H,45,46)/b19-10-,20-11-. The average molecular weight is 655 g/mol. The Bertz CT molecular complexity index is 1640. The molecule has 244 valence electrons. The highest BCUT2D eigenvalue weighted by Crippen LogP contribution is 2.36. The number of nitrogens with one attached hydrogen (secondary N) is 1. The summed E-state index contributed by atoms with van der Waals surface area (Å²) in [4.78, 5) is 39.1. The minimum absolute atomic E-state index is 0.0855. The van der Waals surface area contributed by atoms with Crippen molar-refractivity contribution in [1.82, 2.24) is 10.3 Å². The van der Waals surface area contributed by atoms with Gasteiger partial charge >= 0.3 is 24.3 Å². The van der Waals surface area contributed by atoms with Gasteiger partial charge in [-0.3, -0.25) is 14.8 Å². The van der Waals surface area contributed by atoms with Crippen LogP contribution in [0, 0.1) is 0 Å². The molecule has 0 atom stereocenters. The van der Waals surface area contributed by atoms with Crippen molar-refractivity contribution < 1.29 is 50.9 Å². The predicted octanol–water partition coefficient (Wildman–Crippen LogP) is 3.15. The first-order valence-corrected chi connectivity index (χ1v) is 12.4. The summed E-state index contributed by atoms with van der Waals surface area (Å²) < 4.78 is 80.8. The summed E-state index contributed by atoms with van der Waals surface area (Å²) in [5, 5.41) is 21.8. The van der Waals surface area contributed by atoms with Gasteiger partial charge in [-0.15, -0.1) is 0 Å². The molecule has 1 heterocycles. The molecule has 0 bridgehead atoms. The molecule has 19 heteroatoms. The van der Waals surface area contributed by atoms with Crippen LogP contribution in [0.1, 0.15) is 53.6 Å². The fourth-order valence-electron chi connectivity index (χ4n) is 3.91. The van der Waals surface area contributed by atoms with Crippen LogP contribution in [0.25, 0.3) is 11.4 Å². The number of aromatic carboxylic acids is 2. The first-order chi connectivity index (χ1) is 21.2. The molecule has 0 fully saturated rings. The largest absolute Gasteiger partial charge is 0.478 e. The van der Waals surface area contributed by atoms with E-state index < -0.39 is 52.5 Å². The van der Waals surface area contributed by atoms with E-state index in [1.54, 1.807) is 0 Å². The molecule has 3 aromatic rings. The summed E-state index contributed by atoms with van der Waals surface area (Å²) in [5.41, 5.74) is 5.42. The third-order valence-corrected chi connectivity index (χ3v) is 6.14. The number of amides is 1. The van der Waals surface area contributed by atoms with Crippen molar-refractivity contribution in [2.75, 3.05) is 17.1 Å². The Kier molecular flexibility index (Phi) is 9.83. The molecule has 1 amide bonds. The molecule has 0 aliphatic carbocycles. The number of halogens is 6. The lowest BCUT2D eigenvalue weighted by atomic mass is 10.1. The van der Waals surface area contributed by atoms with Gasteiger partial charge in [0.1, 0.15) is 0 Å². The molecule has 0 radical (unpaired) electrons. The van der Waals surface area contributed by atoms with Crippen LogP contribution in [0.5, 0.6) is 0 Å². The molecule has 3 rings (SSSR count).